The highest BCUT2D eigenvalue weighted by atomic mass is 16.6. The molecule has 2 aliphatic heterocycles. The number of carbonyl (C=O) groups is 2. The summed E-state index contributed by atoms with van der Waals surface area (Å²) in [6.07, 6.45) is -1.92. The van der Waals surface area contributed by atoms with Gasteiger partial charge in [-0.3, -0.25) is 9.59 Å². The molecule has 0 N–H and O–H groups in total. The summed E-state index contributed by atoms with van der Waals surface area (Å²) in [5.74, 6) is -0.444. The maximum absolute atomic E-state index is 12.4. The number of carbonyl (C=O) groups excluding carboxylic acids is 2. The summed E-state index contributed by atoms with van der Waals surface area (Å²) in [5, 5.41) is 0. The molecule has 3 rings (SSSR count). The van der Waals surface area contributed by atoms with Gasteiger partial charge in [-0.25, -0.2) is 0 Å². The first-order valence-electron chi connectivity index (χ1n) is 6.17. The molecule has 0 radical (unpaired) electrons. The number of methoxy groups -OCH3 is 1. The Balaban J connectivity index is 1.82. The Morgan fingerprint density at radius 1 is 1.32 bits per heavy atom. The van der Waals surface area contributed by atoms with E-state index in [0.29, 0.717) is 5.56 Å². The third kappa shape index (κ3) is 2.05. The summed E-state index contributed by atoms with van der Waals surface area (Å²) in [6.45, 7) is 0. The van der Waals surface area contributed by atoms with Gasteiger partial charge < -0.3 is 14.2 Å². The number of fused-ring (bicyclic) bond motifs is 1. The fourth-order valence-electron chi connectivity index (χ4n) is 2.63. The highest BCUT2D eigenvalue weighted by Crippen LogP contribution is 2.34. The van der Waals surface area contributed by atoms with Gasteiger partial charge >= 0.3 is 5.97 Å². The van der Waals surface area contributed by atoms with E-state index in [-0.39, 0.29) is 24.3 Å². The average molecular weight is 262 g/mol. The topological polar surface area (TPSA) is 61.8 Å². The Morgan fingerprint density at radius 2 is 2.05 bits per heavy atom. The fraction of sp³-hybridized carbons (Fsp3) is 0.429. The predicted octanol–water partition coefficient (Wildman–Crippen LogP) is 0.967. The fourth-order valence-corrected chi connectivity index (χ4v) is 2.63. The van der Waals surface area contributed by atoms with Crippen molar-refractivity contribution in [3.63, 3.8) is 0 Å². The summed E-state index contributed by atoms with van der Waals surface area (Å²) in [6, 6.07) is 8.91. The molecule has 0 bridgehead atoms. The molecule has 5 nitrogen and oxygen atoms in total. The first kappa shape index (κ1) is 12.3. The molecular weight excluding hydrogens is 248 g/mol. The van der Waals surface area contributed by atoms with Crippen molar-refractivity contribution >= 4 is 11.8 Å². The molecule has 1 aromatic carbocycles. The van der Waals surface area contributed by atoms with Gasteiger partial charge in [-0.2, -0.15) is 0 Å². The molecular formula is C14H14O5. The number of ether oxygens (including phenoxy) is 3. The van der Waals surface area contributed by atoms with E-state index in [1.807, 2.05) is 6.07 Å². The van der Waals surface area contributed by atoms with E-state index in [4.69, 9.17) is 14.2 Å². The van der Waals surface area contributed by atoms with Gasteiger partial charge in [0, 0.05) is 12.7 Å². The SMILES string of the molecule is CO[C@@H]1[C@H]2OC(=O)C[C@H]2O[C@@H]1C(=O)c1ccccc1. The predicted molar refractivity (Wildman–Crippen MR) is 64.7 cm³/mol. The number of hydrogen-bond donors (Lipinski definition) is 0. The van der Waals surface area contributed by atoms with Crippen molar-refractivity contribution in [3.05, 3.63) is 35.9 Å². The average Bonchev–Trinajstić information content (AvgIpc) is 2.94. The van der Waals surface area contributed by atoms with Crippen LogP contribution in [0.25, 0.3) is 0 Å². The normalized spacial score (nSPS) is 33.0. The van der Waals surface area contributed by atoms with E-state index in [1.54, 1.807) is 24.3 Å². The smallest absolute Gasteiger partial charge is 0.309 e. The minimum Gasteiger partial charge on any atom is -0.457 e. The van der Waals surface area contributed by atoms with Crippen LogP contribution in [0.1, 0.15) is 16.8 Å². The number of esters is 1. The van der Waals surface area contributed by atoms with E-state index in [0.717, 1.165) is 0 Å². The minimum atomic E-state index is -0.713. The van der Waals surface area contributed by atoms with Crippen LogP contribution in [0.15, 0.2) is 30.3 Å². The van der Waals surface area contributed by atoms with E-state index in [9.17, 15) is 9.59 Å². The first-order valence-corrected chi connectivity index (χ1v) is 6.17. The van der Waals surface area contributed by atoms with Gasteiger partial charge in [0.2, 0.25) is 0 Å². The van der Waals surface area contributed by atoms with Crippen molar-refractivity contribution in [2.75, 3.05) is 7.11 Å². The first-order chi connectivity index (χ1) is 9.20. The van der Waals surface area contributed by atoms with Crippen LogP contribution in [0.4, 0.5) is 0 Å². The zero-order chi connectivity index (χ0) is 13.4. The lowest BCUT2D eigenvalue weighted by Crippen LogP contribution is -2.38. The second-order valence-electron chi connectivity index (χ2n) is 4.68. The minimum absolute atomic E-state index is 0.141. The van der Waals surface area contributed by atoms with Gasteiger partial charge in [-0.05, 0) is 0 Å². The molecule has 2 saturated heterocycles. The Labute approximate surface area is 110 Å². The highest BCUT2D eigenvalue weighted by molar-refractivity contribution is 6.00. The van der Waals surface area contributed by atoms with E-state index >= 15 is 0 Å². The second-order valence-corrected chi connectivity index (χ2v) is 4.68. The molecule has 0 saturated carbocycles. The van der Waals surface area contributed by atoms with Crippen LogP contribution < -0.4 is 0 Å². The van der Waals surface area contributed by atoms with Crippen molar-refractivity contribution in [1.29, 1.82) is 0 Å². The van der Waals surface area contributed by atoms with Crippen LogP contribution in [-0.2, 0) is 19.0 Å². The highest BCUT2D eigenvalue weighted by Gasteiger charge is 2.54. The molecule has 0 aliphatic carbocycles. The summed E-state index contributed by atoms with van der Waals surface area (Å²) in [4.78, 5) is 23.6. The van der Waals surface area contributed by atoms with Gasteiger partial charge in [-0.15, -0.1) is 0 Å². The molecule has 2 aliphatic rings. The Kier molecular flexibility index (Phi) is 3.08. The Hall–Kier alpha value is -1.72. The van der Waals surface area contributed by atoms with E-state index < -0.39 is 18.3 Å². The summed E-state index contributed by atoms with van der Waals surface area (Å²) < 4.78 is 16.1. The number of benzene rings is 1. The van der Waals surface area contributed by atoms with Crippen LogP contribution in [0.3, 0.4) is 0 Å². The molecule has 2 heterocycles. The number of ketones is 1. The molecule has 0 aromatic heterocycles. The zero-order valence-corrected chi connectivity index (χ0v) is 10.4. The van der Waals surface area contributed by atoms with Crippen molar-refractivity contribution in [3.8, 4) is 0 Å². The lowest BCUT2D eigenvalue weighted by atomic mass is 10.00. The van der Waals surface area contributed by atoms with Gasteiger partial charge in [0.1, 0.15) is 12.2 Å². The van der Waals surface area contributed by atoms with E-state index in [2.05, 4.69) is 0 Å². The Morgan fingerprint density at radius 3 is 2.74 bits per heavy atom. The maximum Gasteiger partial charge on any atom is 0.309 e. The molecule has 5 heteroatoms. The van der Waals surface area contributed by atoms with Crippen LogP contribution in [0.5, 0.6) is 0 Å². The molecule has 100 valence electrons. The van der Waals surface area contributed by atoms with Crippen molar-refractivity contribution in [2.24, 2.45) is 0 Å². The quantitative estimate of drug-likeness (QED) is 0.600. The van der Waals surface area contributed by atoms with Gasteiger partial charge in [0.25, 0.3) is 0 Å². The molecule has 4 atom stereocenters. The third-order valence-electron chi connectivity index (χ3n) is 3.53. The number of Topliss-reactive ketones (excluding diaryl/α,β-unsaturated/α-hetero) is 1. The van der Waals surface area contributed by atoms with Crippen LogP contribution in [0.2, 0.25) is 0 Å². The zero-order valence-electron chi connectivity index (χ0n) is 10.4. The van der Waals surface area contributed by atoms with Crippen LogP contribution in [-0.4, -0.2) is 43.3 Å². The third-order valence-corrected chi connectivity index (χ3v) is 3.53. The van der Waals surface area contributed by atoms with Crippen LogP contribution in [0, 0.1) is 0 Å². The maximum atomic E-state index is 12.4. The molecule has 2 fully saturated rings. The van der Waals surface area contributed by atoms with Gasteiger partial charge in [0.15, 0.2) is 18.0 Å². The summed E-state index contributed by atoms with van der Waals surface area (Å²) in [5.41, 5.74) is 0.570. The summed E-state index contributed by atoms with van der Waals surface area (Å²) >= 11 is 0. The largest absolute Gasteiger partial charge is 0.457 e. The van der Waals surface area contributed by atoms with E-state index in [1.165, 1.54) is 7.11 Å². The lowest BCUT2D eigenvalue weighted by molar-refractivity contribution is -0.146. The van der Waals surface area contributed by atoms with Crippen molar-refractivity contribution < 1.29 is 23.8 Å². The van der Waals surface area contributed by atoms with Crippen molar-refractivity contribution in [1.82, 2.24) is 0 Å². The molecule has 0 amide bonds. The monoisotopic (exact) mass is 262 g/mol. The molecule has 0 unspecified atom stereocenters. The Bertz CT molecular complexity index is 498. The summed E-state index contributed by atoms with van der Waals surface area (Å²) in [7, 11) is 1.49. The molecule has 1 aromatic rings. The molecule has 0 spiro atoms. The number of rotatable bonds is 3. The van der Waals surface area contributed by atoms with Gasteiger partial charge in [-0.1, -0.05) is 30.3 Å². The van der Waals surface area contributed by atoms with Crippen LogP contribution >= 0.6 is 0 Å². The van der Waals surface area contributed by atoms with Crippen molar-refractivity contribution in [2.45, 2.75) is 30.8 Å². The molecule has 19 heavy (non-hydrogen) atoms. The number of hydrogen-bond acceptors (Lipinski definition) is 5. The van der Waals surface area contributed by atoms with Gasteiger partial charge in [0.05, 0.1) is 6.42 Å². The lowest BCUT2D eigenvalue weighted by Gasteiger charge is -2.19. The standard InChI is InChI=1S/C14H14O5/c1-17-14-12-9(7-10(15)19-12)18-13(14)11(16)8-5-3-2-4-6-8/h2-6,9,12-14H,7H2,1H3/t9-,12+,13-,14-/m1/s1. The second kappa shape index (κ2) is 4.75.